The lowest BCUT2D eigenvalue weighted by molar-refractivity contribution is 0.354. The summed E-state index contributed by atoms with van der Waals surface area (Å²) in [6.07, 6.45) is 4.30. The minimum atomic E-state index is 0.169. The summed E-state index contributed by atoms with van der Waals surface area (Å²) in [5, 5.41) is 0.745. The average Bonchev–Trinajstić information content (AvgIpc) is 2.88. The highest BCUT2D eigenvalue weighted by molar-refractivity contribution is 6.30. The first-order valence-electron chi connectivity index (χ1n) is 7.54. The first-order valence-corrected chi connectivity index (χ1v) is 7.92. The van der Waals surface area contributed by atoms with Crippen LogP contribution in [0.1, 0.15) is 30.9 Å². The summed E-state index contributed by atoms with van der Waals surface area (Å²) < 4.78 is 5.50. The van der Waals surface area contributed by atoms with Gasteiger partial charge in [-0.05, 0) is 67.1 Å². The van der Waals surface area contributed by atoms with Crippen LogP contribution in [0.4, 0.5) is 0 Å². The maximum atomic E-state index is 6.17. The molecule has 3 saturated carbocycles. The lowest BCUT2D eigenvalue weighted by atomic mass is 9.93. The number of nitrogens with two attached hydrogens (primary N) is 1. The van der Waals surface area contributed by atoms with Crippen molar-refractivity contribution < 1.29 is 4.74 Å². The number of halogens is 1. The molecule has 0 saturated heterocycles. The highest BCUT2D eigenvalue weighted by Crippen LogP contribution is 2.72. The third-order valence-electron chi connectivity index (χ3n) is 5.89. The summed E-state index contributed by atoms with van der Waals surface area (Å²) in [5.41, 5.74) is 4.15. The first-order chi connectivity index (χ1) is 9.74. The number of hydrogen-bond donors (Lipinski definition) is 2. The fraction of sp³-hybridized carbons (Fsp3) is 0.625. The standard InChI is InChI=1S/C16H21ClN2O/c1-20-12-5-4-10(17)7-11(12)16(19-18)15-13-8-2-3-9(6-8)14(13)15/h4-5,7-9,13-16,19H,2-3,6,18H2,1H3. The van der Waals surface area contributed by atoms with Gasteiger partial charge in [0.2, 0.25) is 0 Å². The van der Waals surface area contributed by atoms with Gasteiger partial charge < -0.3 is 4.74 Å². The highest BCUT2D eigenvalue weighted by atomic mass is 35.5. The Morgan fingerprint density at radius 3 is 2.60 bits per heavy atom. The second-order valence-electron chi connectivity index (χ2n) is 6.60. The van der Waals surface area contributed by atoms with Crippen LogP contribution < -0.4 is 16.0 Å². The minimum absolute atomic E-state index is 0.169. The summed E-state index contributed by atoms with van der Waals surface area (Å²) in [6, 6.07) is 5.98. The fourth-order valence-corrected chi connectivity index (χ4v) is 5.38. The van der Waals surface area contributed by atoms with E-state index in [0.717, 1.165) is 40.0 Å². The summed E-state index contributed by atoms with van der Waals surface area (Å²) >= 11 is 6.17. The Bertz CT molecular complexity index is 519. The van der Waals surface area contributed by atoms with Crippen LogP contribution in [-0.2, 0) is 0 Å². The lowest BCUT2D eigenvalue weighted by Gasteiger charge is -2.22. The smallest absolute Gasteiger partial charge is 0.123 e. The van der Waals surface area contributed by atoms with E-state index in [1.54, 1.807) is 7.11 Å². The molecule has 2 bridgehead atoms. The van der Waals surface area contributed by atoms with Gasteiger partial charge in [0, 0.05) is 10.6 Å². The molecule has 0 radical (unpaired) electrons. The molecule has 3 nitrogen and oxygen atoms in total. The summed E-state index contributed by atoms with van der Waals surface area (Å²) in [7, 11) is 1.71. The SMILES string of the molecule is COc1ccc(Cl)cc1C(NN)C1C2C3CCC(C3)C21. The third-order valence-corrected chi connectivity index (χ3v) is 6.12. The number of hydrazine groups is 1. The summed E-state index contributed by atoms with van der Waals surface area (Å²) in [6.45, 7) is 0. The predicted octanol–water partition coefficient (Wildman–Crippen LogP) is 3.15. The molecule has 3 fully saturated rings. The molecular weight excluding hydrogens is 272 g/mol. The maximum Gasteiger partial charge on any atom is 0.123 e. The van der Waals surface area contributed by atoms with Crippen molar-refractivity contribution in [1.29, 1.82) is 0 Å². The number of ether oxygens (including phenoxy) is 1. The van der Waals surface area contributed by atoms with Gasteiger partial charge in [-0.3, -0.25) is 11.3 Å². The van der Waals surface area contributed by atoms with Crippen LogP contribution in [0.15, 0.2) is 18.2 Å². The van der Waals surface area contributed by atoms with Crippen molar-refractivity contribution in [3.8, 4) is 5.75 Å². The van der Waals surface area contributed by atoms with Crippen molar-refractivity contribution in [2.24, 2.45) is 35.4 Å². The van der Waals surface area contributed by atoms with Crippen molar-refractivity contribution in [3.05, 3.63) is 28.8 Å². The Morgan fingerprint density at radius 2 is 2.00 bits per heavy atom. The van der Waals surface area contributed by atoms with Gasteiger partial charge in [0.25, 0.3) is 0 Å². The zero-order valence-corrected chi connectivity index (χ0v) is 12.4. The molecule has 5 unspecified atom stereocenters. The second-order valence-corrected chi connectivity index (χ2v) is 7.03. The molecule has 1 aromatic rings. The van der Waals surface area contributed by atoms with Crippen molar-refractivity contribution in [2.75, 3.05) is 7.11 Å². The van der Waals surface area contributed by atoms with E-state index in [4.69, 9.17) is 22.2 Å². The van der Waals surface area contributed by atoms with Crippen LogP contribution in [0.3, 0.4) is 0 Å². The van der Waals surface area contributed by atoms with Gasteiger partial charge in [-0.2, -0.15) is 0 Å². The zero-order valence-electron chi connectivity index (χ0n) is 11.7. The van der Waals surface area contributed by atoms with E-state index in [-0.39, 0.29) is 6.04 Å². The van der Waals surface area contributed by atoms with Gasteiger partial charge in [0.15, 0.2) is 0 Å². The number of rotatable bonds is 4. The summed E-state index contributed by atoms with van der Waals surface area (Å²) in [4.78, 5) is 0. The van der Waals surface area contributed by atoms with Crippen LogP contribution in [-0.4, -0.2) is 7.11 Å². The molecule has 0 spiro atoms. The quantitative estimate of drug-likeness (QED) is 0.662. The van der Waals surface area contributed by atoms with Gasteiger partial charge >= 0.3 is 0 Å². The number of hydrogen-bond acceptors (Lipinski definition) is 3. The summed E-state index contributed by atoms with van der Waals surface area (Å²) in [5.74, 6) is 11.1. The molecule has 108 valence electrons. The van der Waals surface area contributed by atoms with Crippen molar-refractivity contribution in [3.63, 3.8) is 0 Å². The normalized spacial score (nSPS) is 38.6. The molecule has 5 atom stereocenters. The molecule has 1 aromatic carbocycles. The molecule has 3 aliphatic rings. The second kappa shape index (κ2) is 4.62. The van der Waals surface area contributed by atoms with Gasteiger partial charge in [-0.1, -0.05) is 11.6 Å². The Morgan fingerprint density at radius 1 is 1.30 bits per heavy atom. The molecule has 4 rings (SSSR count). The monoisotopic (exact) mass is 292 g/mol. The number of nitrogens with one attached hydrogen (secondary N) is 1. The van der Waals surface area contributed by atoms with Crippen LogP contribution >= 0.6 is 11.6 Å². The van der Waals surface area contributed by atoms with E-state index in [1.807, 2.05) is 18.2 Å². The number of fused-ring (bicyclic) bond motifs is 5. The van der Waals surface area contributed by atoms with Crippen molar-refractivity contribution >= 4 is 11.6 Å². The van der Waals surface area contributed by atoms with E-state index >= 15 is 0 Å². The molecule has 0 amide bonds. The minimum Gasteiger partial charge on any atom is -0.496 e. The van der Waals surface area contributed by atoms with E-state index in [1.165, 1.54) is 19.3 Å². The number of benzene rings is 1. The van der Waals surface area contributed by atoms with Crippen LogP contribution in [0, 0.1) is 29.6 Å². The third kappa shape index (κ3) is 1.73. The molecule has 0 heterocycles. The molecular formula is C16H21ClN2O. The van der Waals surface area contributed by atoms with Crippen LogP contribution in [0.5, 0.6) is 5.75 Å². The molecule has 0 aliphatic heterocycles. The molecule has 4 heteroatoms. The number of methoxy groups -OCH3 is 1. The van der Waals surface area contributed by atoms with E-state index in [2.05, 4.69) is 5.43 Å². The van der Waals surface area contributed by atoms with Gasteiger partial charge in [0.05, 0.1) is 13.2 Å². The van der Waals surface area contributed by atoms with E-state index < -0.39 is 0 Å². The molecule has 3 aliphatic carbocycles. The molecule has 3 N–H and O–H groups in total. The predicted molar refractivity (Wildman–Crippen MR) is 79.4 cm³/mol. The first kappa shape index (κ1) is 12.9. The molecule has 0 aromatic heterocycles. The molecule has 20 heavy (non-hydrogen) atoms. The lowest BCUT2D eigenvalue weighted by Crippen LogP contribution is -2.31. The Hall–Kier alpha value is -0.770. The highest BCUT2D eigenvalue weighted by Gasteiger charge is 2.66. The van der Waals surface area contributed by atoms with E-state index in [0.29, 0.717) is 5.92 Å². The topological polar surface area (TPSA) is 47.3 Å². The van der Waals surface area contributed by atoms with Gasteiger partial charge in [-0.25, -0.2) is 0 Å². The van der Waals surface area contributed by atoms with Crippen molar-refractivity contribution in [2.45, 2.75) is 25.3 Å². The maximum absolute atomic E-state index is 6.17. The van der Waals surface area contributed by atoms with Gasteiger partial charge in [-0.15, -0.1) is 0 Å². The Labute approximate surface area is 124 Å². The van der Waals surface area contributed by atoms with E-state index in [9.17, 15) is 0 Å². The van der Waals surface area contributed by atoms with Crippen LogP contribution in [0.25, 0.3) is 0 Å². The van der Waals surface area contributed by atoms with Crippen LogP contribution in [0.2, 0.25) is 5.02 Å². The van der Waals surface area contributed by atoms with Gasteiger partial charge in [0.1, 0.15) is 5.75 Å². The van der Waals surface area contributed by atoms with Crippen molar-refractivity contribution in [1.82, 2.24) is 5.43 Å². The fourth-order valence-electron chi connectivity index (χ4n) is 5.19. The average molecular weight is 293 g/mol. The Kier molecular flexibility index (Phi) is 2.99. The largest absolute Gasteiger partial charge is 0.496 e. The Balaban J connectivity index is 1.65. The zero-order chi connectivity index (χ0) is 13.9.